The predicted molar refractivity (Wildman–Crippen MR) is 70.8 cm³/mol. The van der Waals surface area contributed by atoms with Crippen LogP contribution in [0.15, 0.2) is 30.6 Å². The Kier molecular flexibility index (Phi) is 3.38. The molecule has 0 N–H and O–H groups in total. The summed E-state index contributed by atoms with van der Waals surface area (Å²) in [5, 5.41) is 0. The monoisotopic (exact) mass is 232 g/mol. The Morgan fingerprint density at radius 1 is 1.29 bits per heavy atom. The molecule has 0 saturated carbocycles. The molecule has 0 saturated heterocycles. The summed E-state index contributed by atoms with van der Waals surface area (Å²) in [5.41, 5.74) is 2.65. The highest BCUT2D eigenvalue weighted by atomic mass is 16.5. The van der Waals surface area contributed by atoms with Gasteiger partial charge in [-0.15, -0.1) is 0 Å². The smallest absolute Gasteiger partial charge is 0.135 e. The fourth-order valence-electron chi connectivity index (χ4n) is 1.94. The molecule has 17 heavy (non-hydrogen) atoms. The van der Waals surface area contributed by atoms with E-state index in [9.17, 15) is 0 Å². The summed E-state index contributed by atoms with van der Waals surface area (Å²) in [5.74, 6) is 0.889. The molecular formula is C14H20N2O. The van der Waals surface area contributed by atoms with Crippen molar-refractivity contribution < 1.29 is 4.74 Å². The lowest BCUT2D eigenvalue weighted by Crippen LogP contribution is -2.26. The average molecular weight is 232 g/mol. The summed E-state index contributed by atoms with van der Waals surface area (Å²) in [6.45, 7) is 2.24. The van der Waals surface area contributed by atoms with E-state index in [-0.39, 0.29) is 0 Å². The first-order valence-corrected chi connectivity index (χ1v) is 5.92. The average Bonchev–Trinajstić information content (AvgIpc) is 2.71. The van der Waals surface area contributed by atoms with Gasteiger partial charge in [-0.2, -0.15) is 0 Å². The molecule has 0 radical (unpaired) electrons. The largest absolute Gasteiger partial charge is 0.495 e. The lowest BCUT2D eigenvalue weighted by atomic mass is 10.1. The van der Waals surface area contributed by atoms with Crippen molar-refractivity contribution in [2.75, 3.05) is 21.2 Å². The summed E-state index contributed by atoms with van der Waals surface area (Å²) in [6.07, 6.45) is 5.17. The summed E-state index contributed by atoms with van der Waals surface area (Å²) in [4.78, 5) is 2.24. The predicted octanol–water partition coefficient (Wildman–Crippen LogP) is 2.44. The van der Waals surface area contributed by atoms with Crippen LogP contribution in [0.4, 0.5) is 0 Å². The Hall–Kier alpha value is -1.48. The van der Waals surface area contributed by atoms with Crippen molar-refractivity contribution in [1.82, 2.24) is 9.30 Å². The Bertz CT molecular complexity index is 502. The van der Waals surface area contributed by atoms with Gasteiger partial charge < -0.3 is 14.0 Å². The number of nitrogens with zero attached hydrogens (tertiary/aromatic N) is 2. The van der Waals surface area contributed by atoms with E-state index in [1.54, 1.807) is 7.11 Å². The van der Waals surface area contributed by atoms with Crippen LogP contribution < -0.4 is 4.74 Å². The molecule has 1 unspecified atom stereocenters. The zero-order chi connectivity index (χ0) is 12.4. The normalized spacial score (nSPS) is 13.2. The number of hydrogen-bond acceptors (Lipinski definition) is 2. The van der Waals surface area contributed by atoms with Crippen LogP contribution in [-0.4, -0.2) is 36.5 Å². The number of hydrogen-bond donors (Lipinski definition) is 0. The van der Waals surface area contributed by atoms with Gasteiger partial charge in [-0.05, 0) is 51.2 Å². The van der Waals surface area contributed by atoms with Crippen LogP contribution in [0, 0.1) is 0 Å². The Morgan fingerprint density at radius 2 is 2.06 bits per heavy atom. The quantitative estimate of drug-likeness (QED) is 0.805. The van der Waals surface area contributed by atoms with Crippen molar-refractivity contribution in [2.24, 2.45) is 0 Å². The molecule has 2 rings (SSSR count). The maximum atomic E-state index is 5.22. The van der Waals surface area contributed by atoms with Gasteiger partial charge in [0.25, 0.3) is 0 Å². The SMILES string of the molecule is COc1ccc2c(CC(C)N(C)C)ccn2c1. The highest BCUT2D eigenvalue weighted by Gasteiger charge is 2.09. The Labute approximate surface area is 103 Å². The zero-order valence-corrected chi connectivity index (χ0v) is 11.0. The van der Waals surface area contributed by atoms with Crippen molar-refractivity contribution in [3.05, 3.63) is 36.2 Å². The molecule has 0 aromatic carbocycles. The van der Waals surface area contributed by atoms with Crippen molar-refractivity contribution in [3.63, 3.8) is 0 Å². The molecule has 0 aliphatic carbocycles. The van der Waals surface area contributed by atoms with E-state index in [2.05, 4.69) is 48.6 Å². The van der Waals surface area contributed by atoms with Crippen LogP contribution in [0.3, 0.4) is 0 Å². The Balaban J connectivity index is 2.30. The maximum Gasteiger partial charge on any atom is 0.135 e. The summed E-state index contributed by atoms with van der Waals surface area (Å²) < 4.78 is 7.34. The highest BCUT2D eigenvalue weighted by molar-refractivity contribution is 5.57. The van der Waals surface area contributed by atoms with Crippen LogP contribution in [0.25, 0.3) is 5.52 Å². The van der Waals surface area contributed by atoms with Gasteiger partial charge in [0.2, 0.25) is 0 Å². The van der Waals surface area contributed by atoms with Gasteiger partial charge in [-0.25, -0.2) is 0 Å². The number of rotatable bonds is 4. The minimum atomic E-state index is 0.545. The highest BCUT2D eigenvalue weighted by Crippen LogP contribution is 2.19. The minimum absolute atomic E-state index is 0.545. The lowest BCUT2D eigenvalue weighted by molar-refractivity contribution is 0.313. The van der Waals surface area contributed by atoms with Crippen LogP contribution in [0.1, 0.15) is 12.5 Å². The van der Waals surface area contributed by atoms with Crippen LogP contribution in [-0.2, 0) is 6.42 Å². The molecule has 1 atom stereocenters. The van der Waals surface area contributed by atoms with Gasteiger partial charge in [-0.1, -0.05) is 0 Å². The number of pyridine rings is 1. The molecule has 0 aliphatic heterocycles. The number of methoxy groups -OCH3 is 1. The van der Waals surface area contributed by atoms with E-state index in [4.69, 9.17) is 4.74 Å². The second-order valence-electron chi connectivity index (χ2n) is 4.72. The van der Waals surface area contributed by atoms with E-state index >= 15 is 0 Å². The molecule has 0 spiro atoms. The first kappa shape index (κ1) is 12.0. The molecule has 2 aromatic heterocycles. The molecule has 0 fully saturated rings. The van der Waals surface area contributed by atoms with E-state index in [1.807, 2.05) is 12.3 Å². The summed E-state index contributed by atoms with van der Waals surface area (Å²) in [7, 11) is 5.93. The number of aromatic nitrogens is 1. The van der Waals surface area contributed by atoms with Gasteiger partial charge in [0.05, 0.1) is 13.3 Å². The van der Waals surface area contributed by atoms with E-state index in [1.165, 1.54) is 11.1 Å². The molecule has 0 bridgehead atoms. The minimum Gasteiger partial charge on any atom is -0.495 e. The number of fused-ring (bicyclic) bond motifs is 1. The lowest BCUT2D eigenvalue weighted by Gasteiger charge is -2.19. The summed E-state index contributed by atoms with van der Waals surface area (Å²) >= 11 is 0. The van der Waals surface area contributed by atoms with Gasteiger partial charge in [-0.3, -0.25) is 0 Å². The number of likely N-dealkylation sites (N-methyl/N-ethyl adjacent to an activating group) is 1. The van der Waals surface area contributed by atoms with Crippen molar-refractivity contribution in [2.45, 2.75) is 19.4 Å². The standard InChI is InChI=1S/C14H20N2O/c1-11(15(2)3)9-12-7-8-16-10-13(17-4)5-6-14(12)16/h5-8,10-11H,9H2,1-4H3. The van der Waals surface area contributed by atoms with Crippen LogP contribution in [0.5, 0.6) is 5.75 Å². The molecule has 92 valence electrons. The fraction of sp³-hybridized carbons (Fsp3) is 0.429. The van der Waals surface area contributed by atoms with Gasteiger partial charge in [0.1, 0.15) is 5.75 Å². The Morgan fingerprint density at radius 3 is 2.71 bits per heavy atom. The number of ether oxygens (including phenoxy) is 1. The van der Waals surface area contributed by atoms with Gasteiger partial charge in [0.15, 0.2) is 0 Å². The van der Waals surface area contributed by atoms with Gasteiger partial charge in [0, 0.05) is 17.8 Å². The zero-order valence-electron chi connectivity index (χ0n) is 11.0. The molecule has 3 nitrogen and oxygen atoms in total. The second kappa shape index (κ2) is 4.80. The first-order chi connectivity index (χ1) is 8.11. The topological polar surface area (TPSA) is 16.9 Å². The molecule has 0 amide bonds. The van der Waals surface area contributed by atoms with Crippen LogP contribution >= 0.6 is 0 Å². The van der Waals surface area contributed by atoms with E-state index in [0.29, 0.717) is 6.04 Å². The van der Waals surface area contributed by atoms with Crippen molar-refractivity contribution in [1.29, 1.82) is 0 Å². The molecule has 2 heterocycles. The molecule has 2 aromatic rings. The van der Waals surface area contributed by atoms with E-state index < -0.39 is 0 Å². The third kappa shape index (κ3) is 2.44. The fourth-order valence-corrected chi connectivity index (χ4v) is 1.94. The second-order valence-corrected chi connectivity index (χ2v) is 4.72. The summed E-state index contributed by atoms with van der Waals surface area (Å²) in [6, 6.07) is 6.87. The first-order valence-electron chi connectivity index (χ1n) is 5.92. The van der Waals surface area contributed by atoms with Crippen molar-refractivity contribution >= 4 is 5.52 Å². The van der Waals surface area contributed by atoms with E-state index in [0.717, 1.165) is 12.2 Å². The molecular weight excluding hydrogens is 212 g/mol. The van der Waals surface area contributed by atoms with Crippen molar-refractivity contribution in [3.8, 4) is 5.75 Å². The molecule has 0 aliphatic rings. The molecule has 3 heteroatoms. The van der Waals surface area contributed by atoms with Crippen LogP contribution in [0.2, 0.25) is 0 Å². The van der Waals surface area contributed by atoms with Gasteiger partial charge >= 0.3 is 0 Å². The third-order valence-corrected chi connectivity index (χ3v) is 3.35. The maximum absolute atomic E-state index is 5.22. The third-order valence-electron chi connectivity index (χ3n) is 3.35.